The zero-order valence-electron chi connectivity index (χ0n) is 25.0. The van der Waals surface area contributed by atoms with Gasteiger partial charge in [0.05, 0.1) is 36.4 Å². The molecule has 2 aromatic carbocycles. The summed E-state index contributed by atoms with van der Waals surface area (Å²) in [6.45, 7) is 11.1. The van der Waals surface area contributed by atoms with Crippen molar-refractivity contribution in [2.75, 3.05) is 0 Å². The smallest absolute Gasteiger partial charge is 0.411 e. The Hall–Kier alpha value is -3.91. The summed E-state index contributed by atoms with van der Waals surface area (Å²) in [4.78, 5) is 31.1. The van der Waals surface area contributed by atoms with E-state index in [1.54, 1.807) is 0 Å². The second-order valence-electron chi connectivity index (χ2n) is 13.4. The zero-order valence-corrected chi connectivity index (χ0v) is 25.0. The van der Waals surface area contributed by atoms with Crippen molar-refractivity contribution in [2.24, 2.45) is 17.8 Å². The molecule has 0 spiro atoms. The highest BCUT2D eigenvalue weighted by atomic mass is 16.6. The van der Waals surface area contributed by atoms with E-state index in [2.05, 4.69) is 82.6 Å². The number of rotatable bonds is 7. The van der Waals surface area contributed by atoms with Crippen LogP contribution in [0.4, 0.5) is 4.79 Å². The maximum atomic E-state index is 13.0. The van der Waals surface area contributed by atoms with Crippen LogP contribution in [0.15, 0.2) is 60.9 Å². The number of piperidine rings is 1. The fraction of sp³-hybridized carbons (Fsp3) is 0.441. The molecule has 4 unspecified atom stereocenters. The van der Waals surface area contributed by atoms with Crippen molar-refractivity contribution >= 4 is 6.09 Å². The second-order valence-corrected chi connectivity index (χ2v) is 13.4. The van der Waals surface area contributed by atoms with Crippen molar-refractivity contribution in [1.82, 2.24) is 30.2 Å². The molecule has 1 amide bonds. The summed E-state index contributed by atoms with van der Waals surface area (Å²) in [5.74, 6) is 3.85. The van der Waals surface area contributed by atoms with Gasteiger partial charge in [0.25, 0.3) is 0 Å². The fourth-order valence-corrected chi connectivity index (χ4v) is 6.46. The topological polar surface area (TPSA) is 98.9 Å². The average Bonchev–Trinajstić information content (AvgIpc) is 3.53. The lowest BCUT2D eigenvalue weighted by Crippen LogP contribution is -2.38. The molecule has 8 nitrogen and oxygen atoms in total. The number of aromatic amines is 2. The maximum Gasteiger partial charge on any atom is 0.411 e. The average molecular weight is 565 g/mol. The predicted octanol–water partition coefficient (Wildman–Crippen LogP) is 6.95. The molecule has 3 heterocycles. The number of fused-ring (bicyclic) bond motifs is 1. The van der Waals surface area contributed by atoms with E-state index < -0.39 is 5.60 Å². The highest BCUT2D eigenvalue weighted by molar-refractivity contribution is 5.72. The molecule has 7 rings (SSSR count). The van der Waals surface area contributed by atoms with Gasteiger partial charge in [-0.3, -0.25) is 4.90 Å². The first kappa shape index (κ1) is 27.0. The number of amides is 1. The number of ether oxygens (including phenoxy) is 1. The molecule has 3 N–H and O–H groups in total. The third-order valence-electron chi connectivity index (χ3n) is 9.30. The van der Waals surface area contributed by atoms with Crippen LogP contribution in [0.2, 0.25) is 0 Å². The van der Waals surface area contributed by atoms with Gasteiger partial charge in [-0.2, -0.15) is 0 Å². The van der Waals surface area contributed by atoms with Gasteiger partial charge in [0, 0.05) is 12.1 Å². The van der Waals surface area contributed by atoms with Gasteiger partial charge in [-0.1, -0.05) is 62.4 Å². The summed E-state index contributed by atoms with van der Waals surface area (Å²) in [5.41, 5.74) is 5.97. The number of H-pyrrole nitrogens is 2. The number of benzene rings is 2. The van der Waals surface area contributed by atoms with Crippen molar-refractivity contribution in [3.63, 3.8) is 0 Å². The Labute approximate surface area is 247 Å². The number of nitrogens with zero attached hydrogens (tertiary/aromatic N) is 3. The number of hydrogen-bond donors (Lipinski definition) is 3. The Bertz CT molecular complexity index is 1570. The lowest BCUT2D eigenvalue weighted by Gasteiger charge is -2.29. The molecule has 0 radical (unpaired) electrons. The molecule has 2 aliphatic carbocycles. The molecule has 5 atom stereocenters. The minimum absolute atomic E-state index is 0.0667. The highest BCUT2D eigenvalue weighted by Gasteiger charge is 2.56. The molecular weight excluding hydrogens is 524 g/mol. The molecule has 218 valence electrons. The van der Waals surface area contributed by atoms with Gasteiger partial charge in [0.15, 0.2) is 0 Å². The normalized spacial score (nSPS) is 26.3. The molecule has 1 saturated heterocycles. The van der Waals surface area contributed by atoms with Gasteiger partial charge in [-0.05, 0) is 73.6 Å². The van der Waals surface area contributed by atoms with Crippen LogP contribution in [0, 0.1) is 17.8 Å². The Morgan fingerprint density at radius 1 is 0.881 bits per heavy atom. The van der Waals surface area contributed by atoms with Crippen LogP contribution in [0.3, 0.4) is 0 Å². The molecule has 3 fully saturated rings. The minimum atomic E-state index is -0.515. The first-order valence-corrected chi connectivity index (χ1v) is 15.2. The lowest BCUT2D eigenvalue weighted by atomic mass is 10.0. The number of nitrogens with one attached hydrogen (secondary N) is 3. The van der Waals surface area contributed by atoms with Crippen LogP contribution >= 0.6 is 0 Å². The summed E-state index contributed by atoms with van der Waals surface area (Å²) in [7, 11) is 0. The minimum Gasteiger partial charge on any atom is -0.444 e. The molecule has 4 aromatic rings. The Balaban J connectivity index is 1.00. The number of imidazole rings is 2. The number of hydrogen-bond acceptors (Lipinski definition) is 5. The quantitative estimate of drug-likeness (QED) is 0.226. The monoisotopic (exact) mass is 564 g/mol. The van der Waals surface area contributed by atoms with E-state index in [0.29, 0.717) is 12.0 Å². The Morgan fingerprint density at radius 2 is 1.45 bits per heavy atom. The summed E-state index contributed by atoms with van der Waals surface area (Å²) < 4.78 is 5.71. The first-order chi connectivity index (χ1) is 20.1. The van der Waals surface area contributed by atoms with Gasteiger partial charge in [0.1, 0.15) is 17.2 Å². The SMILES string of the molecule is CC1C(C)C1NCc1ncc(-c2ccc(-c3ccc(-c4cnc([C@@H]5CC6CC6N5C(=O)OC(C)(C)C)[nH]4)cc3)cc2)[nH]1. The van der Waals surface area contributed by atoms with Crippen molar-refractivity contribution in [2.45, 2.75) is 77.7 Å². The Kier molecular flexibility index (Phi) is 6.50. The van der Waals surface area contributed by atoms with Crippen molar-refractivity contribution in [3.05, 3.63) is 72.6 Å². The molecule has 3 aliphatic rings. The van der Waals surface area contributed by atoms with E-state index in [9.17, 15) is 4.79 Å². The highest BCUT2D eigenvalue weighted by Crippen LogP contribution is 2.53. The summed E-state index contributed by atoms with van der Waals surface area (Å²) in [6, 6.07) is 17.9. The Morgan fingerprint density at radius 3 is 2.05 bits per heavy atom. The van der Waals surface area contributed by atoms with Crippen LogP contribution < -0.4 is 5.32 Å². The number of aromatic nitrogens is 4. The van der Waals surface area contributed by atoms with Crippen molar-refractivity contribution in [3.8, 4) is 33.6 Å². The standard InChI is InChI=1S/C34H40N6O2/c1-19-20(2)31(19)36-18-30-35-16-26(38-30)23-10-6-21(7-11-23)22-8-12-24(13-9-22)27-17-37-32(39-27)29-15-25-14-28(25)40(29)33(41)42-34(3,4)5/h6-13,16-17,19-20,25,28-29,31,36H,14-15,18H2,1-5H3,(H,35,38)(H,37,39)/t19?,20?,25?,28?,29-,31?/m0/s1. The van der Waals surface area contributed by atoms with Crippen molar-refractivity contribution < 1.29 is 9.53 Å². The van der Waals surface area contributed by atoms with Crippen LogP contribution in [-0.2, 0) is 11.3 Å². The molecular formula is C34H40N6O2. The first-order valence-electron chi connectivity index (χ1n) is 15.2. The number of carbonyl (C=O) groups is 1. The predicted molar refractivity (Wildman–Crippen MR) is 163 cm³/mol. The van der Waals surface area contributed by atoms with Gasteiger partial charge in [0.2, 0.25) is 0 Å². The summed E-state index contributed by atoms with van der Waals surface area (Å²) in [6.07, 6.45) is 5.54. The largest absolute Gasteiger partial charge is 0.444 e. The molecule has 1 aliphatic heterocycles. The van der Waals surface area contributed by atoms with Crippen LogP contribution in [-0.4, -0.2) is 48.6 Å². The van der Waals surface area contributed by atoms with Gasteiger partial charge < -0.3 is 20.0 Å². The van der Waals surface area contributed by atoms with Gasteiger partial charge in [-0.15, -0.1) is 0 Å². The third kappa shape index (κ3) is 5.24. The van der Waals surface area contributed by atoms with E-state index in [-0.39, 0.29) is 18.2 Å². The maximum absolute atomic E-state index is 13.0. The van der Waals surface area contributed by atoms with E-state index in [1.807, 2.05) is 38.1 Å². The van der Waals surface area contributed by atoms with Crippen molar-refractivity contribution in [1.29, 1.82) is 0 Å². The number of carbonyl (C=O) groups excluding carboxylic acids is 1. The van der Waals surface area contributed by atoms with E-state index in [1.165, 1.54) is 0 Å². The number of likely N-dealkylation sites (tertiary alicyclic amines) is 1. The van der Waals surface area contributed by atoms with Crippen LogP contribution in [0.1, 0.15) is 65.2 Å². The summed E-state index contributed by atoms with van der Waals surface area (Å²) >= 11 is 0. The van der Waals surface area contributed by atoms with E-state index in [0.717, 1.165) is 76.5 Å². The van der Waals surface area contributed by atoms with E-state index >= 15 is 0 Å². The van der Waals surface area contributed by atoms with Gasteiger partial charge >= 0.3 is 6.09 Å². The molecule has 2 saturated carbocycles. The molecule has 0 bridgehead atoms. The fourth-order valence-electron chi connectivity index (χ4n) is 6.46. The second kappa shape index (κ2) is 10.1. The molecule has 8 heteroatoms. The van der Waals surface area contributed by atoms with Gasteiger partial charge in [-0.25, -0.2) is 14.8 Å². The summed E-state index contributed by atoms with van der Waals surface area (Å²) in [5, 5.41) is 3.60. The third-order valence-corrected chi connectivity index (χ3v) is 9.30. The van der Waals surface area contributed by atoms with Crippen LogP contribution in [0.25, 0.3) is 33.6 Å². The molecule has 2 aromatic heterocycles. The van der Waals surface area contributed by atoms with Crippen LogP contribution in [0.5, 0.6) is 0 Å². The zero-order chi connectivity index (χ0) is 29.2. The molecule has 42 heavy (non-hydrogen) atoms. The lowest BCUT2D eigenvalue weighted by molar-refractivity contribution is 0.0175. The van der Waals surface area contributed by atoms with E-state index in [4.69, 9.17) is 9.72 Å².